The SMILES string of the molecule is CCC1CCCN(CC2CCCCC2O)C1. The van der Waals surface area contributed by atoms with Crippen molar-refractivity contribution in [2.24, 2.45) is 11.8 Å². The van der Waals surface area contributed by atoms with Crippen molar-refractivity contribution >= 4 is 0 Å². The van der Waals surface area contributed by atoms with Crippen LogP contribution >= 0.6 is 0 Å². The number of nitrogens with zero attached hydrogens (tertiary/aromatic N) is 1. The number of aliphatic hydroxyl groups is 1. The molecule has 3 unspecified atom stereocenters. The molecule has 1 saturated carbocycles. The summed E-state index contributed by atoms with van der Waals surface area (Å²) in [6, 6.07) is 0. The normalized spacial score (nSPS) is 37.5. The summed E-state index contributed by atoms with van der Waals surface area (Å²) in [6.45, 7) is 6.00. The Labute approximate surface area is 100 Å². The zero-order valence-corrected chi connectivity index (χ0v) is 10.7. The van der Waals surface area contributed by atoms with Gasteiger partial charge in [-0.1, -0.05) is 26.2 Å². The average Bonchev–Trinajstić information content (AvgIpc) is 2.32. The predicted molar refractivity (Wildman–Crippen MR) is 67.4 cm³/mol. The van der Waals surface area contributed by atoms with E-state index in [4.69, 9.17) is 0 Å². The Morgan fingerprint density at radius 3 is 2.69 bits per heavy atom. The van der Waals surface area contributed by atoms with Crippen LogP contribution in [0.4, 0.5) is 0 Å². The van der Waals surface area contributed by atoms with Gasteiger partial charge in [-0.2, -0.15) is 0 Å². The number of likely N-dealkylation sites (tertiary alicyclic amines) is 1. The highest BCUT2D eigenvalue weighted by atomic mass is 16.3. The number of hydrogen-bond acceptors (Lipinski definition) is 2. The van der Waals surface area contributed by atoms with Crippen molar-refractivity contribution < 1.29 is 5.11 Å². The third-order valence-electron chi connectivity index (χ3n) is 4.54. The van der Waals surface area contributed by atoms with Crippen LogP contribution < -0.4 is 0 Å². The van der Waals surface area contributed by atoms with Crippen LogP contribution in [0.5, 0.6) is 0 Å². The average molecular weight is 225 g/mol. The number of rotatable bonds is 3. The molecule has 1 aliphatic carbocycles. The molecule has 0 aromatic rings. The van der Waals surface area contributed by atoms with Gasteiger partial charge in [0.25, 0.3) is 0 Å². The molecule has 94 valence electrons. The third kappa shape index (κ3) is 3.21. The largest absolute Gasteiger partial charge is 0.393 e. The van der Waals surface area contributed by atoms with Crippen LogP contribution in [0.3, 0.4) is 0 Å². The lowest BCUT2D eigenvalue weighted by Crippen LogP contribution is -2.42. The summed E-state index contributed by atoms with van der Waals surface area (Å²) in [5, 5.41) is 10.00. The lowest BCUT2D eigenvalue weighted by Gasteiger charge is -2.37. The summed E-state index contributed by atoms with van der Waals surface area (Å²) in [4.78, 5) is 2.61. The van der Waals surface area contributed by atoms with E-state index in [0.29, 0.717) is 5.92 Å². The second kappa shape index (κ2) is 6.02. The molecule has 2 heteroatoms. The zero-order chi connectivity index (χ0) is 11.4. The van der Waals surface area contributed by atoms with E-state index < -0.39 is 0 Å². The predicted octanol–water partition coefficient (Wildman–Crippen LogP) is 2.66. The van der Waals surface area contributed by atoms with Crippen LogP contribution in [0, 0.1) is 11.8 Å². The number of aliphatic hydroxyl groups excluding tert-OH is 1. The van der Waals surface area contributed by atoms with E-state index in [1.54, 1.807) is 0 Å². The van der Waals surface area contributed by atoms with Crippen LogP contribution in [0.15, 0.2) is 0 Å². The summed E-state index contributed by atoms with van der Waals surface area (Å²) >= 11 is 0. The molecule has 1 heterocycles. The first-order chi connectivity index (χ1) is 7.79. The molecule has 0 radical (unpaired) electrons. The van der Waals surface area contributed by atoms with Gasteiger partial charge in [0.15, 0.2) is 0 Å². The van der Waals surface area contributed by atoms with Crippen molar-refractivity contribution in [3.05, 3.63) is 0 Å². The van der Waals surface area contributed by atoms with Gasteiger partial charge in [-0.05, 0) is 44.1 Å². The minimum Gasteiger partial charge on any atom is -0.393 e. The minimum atomic E-state index is -0.0178. The quantitative estimate of drug-likeness (QED) is 0.798. The van der Waals surface area contributed by atoms with E-state index in [9.17, 15) is 5.11 Å². The molecule has 2 rings (SSSR count). The van der Waals surface area contributed by atoms with Gasteiger partial charge in [0, 0.05) is 13.1 Å². The lowest BCUT2D eigenvalue weighted by molar-refractivity contribution is 0.0359. The van der Waals surface area contributed by atoms with E-state index in [0.717, 1.165) is 18.9 Å². The second-order valence-corrected chi connectivity index (χ2v) is 5.79. The highest BCUT2D eigenvalue weighted by Crippen LogP contribution is 2.27. The Balaban J connectivity index is 1.79. The molecule has 2 fully saturated rings. The van der Waals surface area contributed by atoms with Gasteiger partial charge in [0.05, 0.1) is 6.10 Å². The maximum Gasteiger partial charge on any atom is 0.0580 e. The summed E-state index contributed by atoms with van der Waals surface area (Å²) in [6.07, 6.45) is 8.92. The van der Waals surface area contributed by atoms with Crippen LogP contribution in [0.1, 0.15) is 51.9 Å². The second-order valence-electron chi connectivity index (χ2n) is 5.79. The van der Waals surface area contributed by atoms with E-state index in [1.807, 2.05) is 0 Å². The van der Waals surface area contributed by atoms with Crippen molar-refractivity contribution in [3.63, 3.8) is 0 Å². The summed E-state index contributed by atoms with van der Waals surface area (Å²) in [7, 11) is 0. The Kier molecular flexibility index (Phi) is 4.66. The number of hydrogen-bond donors (Lipinski definition) is 1. The molecular weight excluding hydrogens is 198 g/mol. The molecule has 0 bridgehead atoms. The van der Waals surface area contributed by atoms with Crippen molar-refractivity contribution in [1.82, 2.24) is 4.90 Å². The van der Waals surface area contributed by atoms with E-state index in [1.165, 1.54) is 51.6 Å². The van der Waals surface area contributed by atoms with Crippen LogP contribution in [0.25, 0.3) is 0 Å². The van der Waals surface area contributed by atoms with Gasteiger partial charge in [-0.3, -0.25) is 0 Å². The van der Waals surface area contributed by atoms with Gasteiger partial charge in [0.1, 0.15) is 0 Å². The molecule has 2 aliphatic rings. The molecule has 1 N–H and O–H groups in total. The van der Waals surface area contributed by atoms with Gasteiger partial charge in [0.2, 0.25) is 0 Å². The standard InChI is InChI=1S/C14H27NO/c1-2-12-6-5-9-15(10-12)11-13-7-3-4-8-14(13)16/h12-14,16H,2-11H2,1H3. The summed E-state index contributed by atoms with van der Waals surface area (Å²) in [5.41, 5.74) is 0. The molecule has 0 spiro atoms. The van der Waals surface area contributed by atoms with E-state index in [-0.39, 0.29) is 6.10 Å². The van der Waals surface area contributed by atoms with E-state index in [2.05, 4.69) is 11.8 Å². The monoisotopic (exact) mass is 225 g/mol. The third-order valence-corrected chi connectivity index (χ3v) is 4.54. The maximum absolute atomic E-state index is 10.00. The van der Waals surface area contributed by atoms with Gasteiger partial charge in [-0.25, -0.2) is 0 Å². The first kappa shape index (κ1) is 12.4. The fourth-order valence-electron chi connectivity index (χ4n) is 3.38. The van der Waals surface area contributed by atoms with E-state index >= 15 is 0 Å². The van der Waals surface area contributed by atoms with Crippen LogP contribution in [-0.2, 0) is 0 Å². The number of piperidine rings is 1. The highest BCUT2D eigenvalue weighted by Gasteiger charge is 2.27. The van der Waals surface area contributed by atoms with Crippen LogP contribution in [-0.4, -0.2) is 35.7 Å². The van der Waals surface area contributed by atoms with Crippen molar-refractivity contribution in [2.45, 2.75) is 58.0 Å². The van der Waals surface area contributed by atoms with Crippen LogP contribution in [0.2, 0.25) is 0 Å². The first-order valence-electron chi connectivity index (χ1n) is 7.20. The smallest absolute Gasteiger partial charge is 0.0580 e. The van der Waals surface area contributed by atoms with Gasteiger partial charge in [-0.15, -0.1) is 0 Å². The molecule has 0 amide bonds. The highest BCUT2D eigenvalue weighted by molar-refractivity contribution is 4.80. The minimum absolute atomic E-state index is 0.0178. The van der Waals surface area contributed by atoms with Crippen molar-refractivity contribution in [2.75, 3.05) is 19.6 Å². The first-order valence-corrected chi connectivity index (χ1v) is 7.20. The molecular formula is C14H27NO. The maximum atomic E-state index is 10.00. The molecule has 1 saturated heterocycles. The molecule has 0 aromatic heterocycles. The van der Waals surface area contributed by atoms with Crippen molar-refractivity contribution in [1.29, 1.82) is 0 Å². The molecule has 16 heavy (non-hydrogen) atoms. The summed E-state index contributed by atoms with van der Waals surface area (Å²) < 4.78 is 0. The lowest BCUT2D eigenvalue weighted by atomic mass is 9.85. The molecule has 3 atom stereocenters. The fourth-order valence-corrected chi connectivity index (χ4v) is 3.38. The fraction of sp³-hybridized carbons (Fsp3) is 1.00. The van der Waals surface area contributed by atoms with Crippen molar-refractivity contribution in [3.8, 4) is 0 Å². The molecule has 0 aromatic carbocycles. The Morgan fingerprint density at radius 1 is 1.12 bits per heavy atom. The molecule has 2 nitrogen and oxygen atoms in total. The topological polar surface area (TPSA) is 23.5 Å². The summed E-state index contributed by atoms with van der Waals surface area (Å²) in [5.74, 6) is 1.47. The Morgan fingerprint density at radius 2 is 1.94 bits per heavy atom. The Hall–Kier alpha value is -0.0800. The van der Waals surface area contributed by atoms with Gasteiger partial charge < -0.3 is 10.0 Å². The Bertz CT molecular complexity index is 207. The zero-order valence-electron chi connectivity index (χ0n) is 10.7. The molecule has 1 aliphatic heterocycles. The van der Waals surface area contributed by atoms with Gasteiger partial charge >= 0.3 is 0 Å².